The Balaban J connectivity index is 1.42. The fourth-order valence-electron chi connectivity index (χ4n) is 4.42. The molecule has 3 aliphatic heterocycles. The van der Waals surface area contributed by atoms with Gasteiger partial charge in [0.25, 0.3) is 0 Å². The molecule has 0 spiro atoms. The summed E-state index contributed by atoms with van der Waals surface area (Å²) in [4.78, 5) is 18.9. The van der Waals surface area contributed by atoms with Crippen molar-refractivity contribution in [3.05, 3.63) is 35.4 Å². The molecular formula is C21H28N2O5S. The summed E-state index contributed by atoms with van der Waals surface area (Å²) >= 11 is 0. The van der Waals surface area contributed by atoms with Gasteiger partial charge in [-0.2, -0.15) is 0 Å². The topological polar surface area (TPSA) is 94.1 Å². The van der Waals surface area contributed by atoms with Crippen molar-refractivity contribution in [3.63, 3.8) is 0 Å². The first-order valence-corrected chi connectivity index (χ1v) is 12.1. The second-order valence-corrected chi connectivity index (χ2v) is 10.7. The van der Waals surface area contributed by atoms with Crippen LogP contribution < -0.4 is 5.32 Å². The largest absolute Gasteiger partial charge is 0.392 e. The van der Waals surface area contributed by atoms with Crippen molar-refractivity contribution in [2.45, 2.75) is 51.2 Å². The minimum atomic E-state index is -3.04. The molecule has 0 aliphatic carbocycles. The van der Waals surface area contributed by atoms with Gasteiger partial charge < -0.3 is 14.9 Å². The Morgan fingerprint density at radius 2 is 1.97 bits per heavy atom. The molecular weight excluding hydrogens is 392 g/mol. The lowest BCUT2D eigenvalue weighted by molar-refractivity contribution is -0.140. The predicted molar refractivity (Wildman–Crippen MR) is 110 cm³/mol. The molecule has 29 heavy (non-hydrogen) atoms. The highest BCUT2D eigenvalue weighted by atomic mass is 32.2. The van der Waals surface area contributed by atoms with Crippen LogP contribution in [0.1, 0.15) is 43.2 Å². The molecule has 8 heteroatoms. The highest BCUT2D eigenvalue weighted by Crippen LogP contribution is 2.39. The predicted octanol–water partition coefficient (Wildman–Crippen LogP) is 1.98. The second-order valence-electron chi connectivity index (χ2n) is 8.51. The van der Waals surface area contributed by atoms with Crippen molar-refractivity contribution < 1.29 is 22.8 Å². The molecule has 2 saturated heterocycles. The molecule has 2 fully saturated rings. The first-order valence-electron chi connectivity index (χ1n) is 10.2. The summed E-state index contributed by atoms with van der Waals surface area (Å²) in [5, 5.41) is 7.27. The number of carbonyl (C=O) groups is 1. The number of aryl methyl sites for hydroxylation is 1. The molecule has 0 saturated carbocycles. The van der Waals surface area contributed by atoms with Crippen LogP contribution in [0.2, 0.25) is 0 Å². The minimum Gasteiger partial charge on any atom is -0.392 e. The molecule has 4 rings (SSSR count). The molecule has 3 aliphatic rings. The zero-order valence-corrected chi connectivity index (χ0v) is 17.5. The van der Waals surface area contributed by atoms with Crippen LogP contribution in [0.5, 0.6) is 0 Å². The van der Waals surface area contributed by atoms with Crippen LogP contribution >= 0.6 is 0 Å². The van der Waals surface area contributed by atoms with Gasteiger partial charge in [-0.25, -0.2) is 8.42 Å². The Morgan fingerprint density at radius 3 is 2.62 bits per heavy atom. The lowest BCUT2D eigenvalue weighted by atomic mass is 9.74. The van der Waals surface area contributed by atoms with E-state index in [1.807, 2.05) is 31.2 Å². The van der Waals surface area contributed by atoms with Crippen molar-refractivity contribution in [2.75, 3.05) is 24.7 Å². The van der Waals surface area contributed by atoms with Gasteiger partial charge in [-0.15, -0.1) is 0 Å². The third-order valence-electron chi connectivity index (χ3n) is 6.24. The number of nitrogens with zero attached hydrogens (tertiary/aromatic N) is 1. The Labute approximate surface area is 171 Å². The highest BCUT2D eigenvalue weighted by molar-refractivity contribution is 7.91. The number of oxime groups is 1. The zero-order valence-electron chi connectivity index (χ0n) is 16.7. The van der Waals surface area contributed by atoms with E-state index in [9.17, 15) is 13.2 Å². The maximum absolute atomic E-state index is 13.2. The molecule has 2 atom stereocenters. The van der Waals surface area contributed by atoms with Crippen LogP contribution in [-0.2, 0) is 24.2 Å². The molecule has 1 amide bonds. The van der Waals surface area contributed by atoms with E-state index in [0.717, 1.165) is 11.3 Å². The number of rotatable bonds is 5. The monoisotopic (exact) mass is 420 g/mol. The van der Waals surface area contributed by atoms with Gasteiger partial charge in [0.2, 0.25) is 5.91 Å². The zero-order chi connectivity index (χ0) is 20.5. The third-order valence-corrected chi connectivity index (χ3v) is 8.00. The number of nitrogens with one attached hydrogen (secondary N) is 1. The molecule has 7 nitrogen and oxygen atoms in total. The number of hydrogen-bond acceptors (Lipinski definition) is 6. The number of ether oxygens (including phenoxy) is 1. The Kier molecular flexibility index (Phi) is 5.66. The Hall–Kier alpha value is -1.93. The van der Waals surface area contributed by atoms with E-state index in [-0.39, 0.29) is 29.6 Å². The van der Waals surface area contributed by atoms with Gasteiger partial charge in [-0.05, 0) is 31.7 Å². The van der Waals surface area contributed by atoms with E-state index in [4.69, 9.17) is 9.57 Å². The molecule has 1 aromatic carbocycles. The summed E-state index contributed by atoms with van der Waals surface area (Å²) in [6.07, 6.45) is 2.76. The molecule has 0 radical (unpaired) electrons. The summed E-state index contributed by atoms with van der Waals surface area (Å²) in [6.45, 7) is 3.09. The summed E-state index contributed by atoms with van der Waals surface area (Å²) in [5.41, 5.74) is 2.53. The van der Waals surface area contributed by atoms with Crippen molar-refractivity contribution in [2.24, 2.45) is 10.6 Å². The first kappa shape index (κ1) is 20.3. The Bertz CT molecular complexity index is 888. The average Bonchev–Trinajstić information content (AvgIpc) is 3.29. The van der Waals surface area contributed by atoms with E-state index >= 15 is 0 Å². The standard InChI is InChI=1S/C21H28N2O5S/c1-15-2-4-16(5-3-15)19-12-18(28-23-19)13-21(7-9-27-10-8-21)20(24)22-17-6-11-29(25,26)14-17/h2-5,17-18H,6-14H2,1H3,(H,22,24). The first-order chi connectivity index (χ1) is 13.9. The smallest absolute Gasteiger partial charge is 0.226 e. The number of hydrogen-bond donors (Lipinski definition) is 1. The molecule has 0 bridgehead atoms. The van der Waals surface area contributed by atoms with Crippen LogP contribution in [0.15, 0.2) is 29.4 Å². The maximum atomic E-state index is 13.2. The number of carbonyl (C=O) groups excluding carboxylic acids is 1. The number of sulfone groups is 1. The minimum absolute atomic E-state index is 0.0337. The van der Waals surface area contributed by atoms with Crippen molar-refractivity contribution in [1.82, 2.24) is 5.32 Å². The van der Waals surface area contributed by atoms with Gasteiger partial charge in [0.15, 0.2) is 9.84 Å². The molecule has 2 unspecified atom stereocenters. The number of amides is 1. The van der Waals surface area contributed by atoms with Gasteiger partial charge in [0.05, 0.1) is 22.6 Å². The summed E-state index contributed by atoms with van der Waals surface area (Å²) in [5.74, 6) is 0.106. The molecule has 1 N–H and O–H groups in total. The van der Waals surface area contributed by atoms with Crippen LogP contribution in [-0.4, -0.2) is 56.9 Å². The molecule has 158 valence electrons. The van der Waals surface area contributed by atoms with E-state index in [2.05, 4.69) is 10.5 Å². The normalized spacial score (nSPS) is 27.8. The van der Waals surface area contributed by atoms with Crippen LogP contribution in [0.3, 0.4) is 0 Å². The van der Waals surface area contributed by atoms with Crippen LogP contribution in [0, 0.1) is 12.3 Å². The van der Waals surface area contributed by atoms with Crippen molar-refractivity contribution >= 4 is 21.5 Å². The SMILES string of the molecule is Cc1ccc(C2=NOC(CC3(C(=O)NC4CCS(=O)(=O)C4)CCOCC3)C2)cc1. The lowest BCUT2D eigenvalue weighted by Crippen LogP contribution is -2.50. The Morgan fingerprint density at radius 1 is 1.24 bits per heavy atom. The summed E-state index contributed by atoms with van der Waals surface area (Å²) < 4.78 is 29.0. The fraction of sp³-hybridized carbons (Fsp3) is 0.619. The maximum Gasteiger partial charge on any atom is 0.226 e. The number of benzene rings is 1. The van der Waals surface area contributed by atoms with Crippen molar-refractivity contribution in [1.29, 1.82) is 0 Å². The van der Waals surface area contributed by atoms with E-state index in [0.29, 0.717) is 45.3 Å². The van der Waals surface area contributed by atoms with Crippen LogP contribution in [0.4, 0.5) is 0 Å². The van der Waals surface area contributed by atoms with Gasteiger partial charge in [-0.3, -0.25) is 4.79 Å². The van der Waals surface area contributed by atoms with Gasteiger partial charge in [-0.1, -0.05) is 35.0 Å². The summed E-state index contributed by atoms with van der Waals surface area (Å²) in [6, 6.07) is 7.88. The lowest BCUT2D eigenvalue weighted by Gasteiger charge is -2.37. The highest BCUT2D eigenvalue weighted by Gasteiger charge is 2.45. The molecule has 1 aromatic rings. The van der Waals surface area contributed by atoms with Gasteiger partial charge in [0.1, 0.15) is 6.10 Å². The molecule has 0 aromatic heterocycles. The fourth-order valence-corrected chi connectivity index (χ4v) is 6.10. The third kappa shape index (κ3) is 4.64. The van der Waals surface area contributed by atoms with Crippen molar-refractivity contribution in [3.8, 4) is 0 Å². The average molecular weight is 421 g/mol. The van der Waals surface area contributed by atoms with Gasteiger partial charge >= 0.3 is 0 Å². The quantitative estimate of drug-likeness (QED) is 0.786. The second kappa shape index (κ2) is 8.07. The van der Waals surface area contributed by atoms with Gasteiger partial charge in [0, 0.05) is 32.1 Å². The molecule has 3 heterocycles. The van der Waals surface area contributed by atoms with E-state index in [1.165, 1.54) is 5.56 Å². The summed E-state index contributed by atoms with van der Waals surface area (Å²) in [7, 11) is -3.04. The van der Waals surface area contributed by atoms with E-state index < -0.39 is 15.3 Å². The van der Waals surface area contributed by atoms with E-state index in [1.54, 1.807) is 0 Å². The van der Waals surface area contributed by atoms with Crippen LogP contribution in [0.25, 0.3) is 0 Å².